The monoisotopic (exact) mass is 400 g/mol. The van der Waals surface area contributed by atoms with Crippen LogP contribution in [0.5, 0.6) is 0 Å². The molecule has 0 spiro atoms. The minimum atomic E-state index is 1.26. The molecule has 0 aliphatic carbocycles. The van der Waals surface area contributed by atoms with E-state index in [4.69, 9.17) is 0 Å². The molecule has 0 nitrogen and oxygen atoms in total. The first-order valence-corrected chi connectivity index (χ1v) is 11.1. The third kappa shape index (κ3) is 2.67. The fourth-order valence-electron chi connectivity index (χ4n) is 4.56. The lowest BCUT2D eigenvalue weighted by molar-refractivity contribution is 1.46. The number of rotatable bonds is 2. The summed E-state index contributed by atoms with van der Waals surface area (Å²) in [5.41, 5.74) is 6.44. The van der Waals surface area contributed by atoms with Gasteiger partial charge < -0.3 is 0 Å². The van der Waals surface area contributed by atoms with Crippen LogP contribution < -0.4 is 0 Å². The zero-order chi connectivity index (χ0) is 20.1. The summed E-state index contributed by atoms with van der Waals surface area (Å²) in [6.07, 6.45) is 0. The first-order valence-electron chi connectivity index (χ1n) is 10.3. The van der Waals surface area contributed by atoms with Crippen molar-refractivity contribution in [3.63, 3.8) is 0 Å². The summed E-state index contributed by atoms with van der Waals surface area (Å²) in [6, 6.07) is 37.6. The van der Waals surface area contributed by atoms with E-state index in [9.17, 15) is 0 Å². The lowest BCUT2D eigenvalue weighted by Crippen LogP contribution is -1.89. The second-order valence-electron chi connectivity index (χ2n) is 7.86. The molecule has 0 saturated heterocycles. The molecule has 5 aromatic carbocycles. The van der Waals surface area contributed by atoms with E-state index in [1.54, 1.807) is 0 Å². The second-order valence-corrected chi connectivity index (χ2v) is 8.94. The maximum Gasteiger partial charge on any atom is 0.0368 e. The fourth-order valence-corrected chi connectivity index (χ4v) is 5.72. The molecule has 1 heteroatoms. The van der Waals surface area contributed by atoms with Crippen molar-refractivity contribution in [1.29, 1.82) is 0 Å². The molecular formula is C29H20S. The smallest absolute Gasteiger partial charge is 0.0368 e. The third-order valence-corrected chi connectivity index (χ3v) is 7.05. The Morgan fingerprint density at radius 1 is 0.500 bits per heavy atom. The molecule has 6 rings (SSSR count). The van der Waals surface area contributed by atoms with E-state index < -0.39 is 0 Å². The van der Waals surface area contributed by atoms with Gasteiger partial charge >= 0.3 is 0 Å². The first kappa shape index (κ1) is 17.4. The first-order chi connectivity index (χ1) is 14.8. The van der Waals surface area contributed by atoms with Gasteiger partial charge in [-0.2, -0.15) is 0 Å². The lowest BCUT2D eigenvalue weighted by Gasteiger charge is -2.15. The van der Waals surface area contributed by atoms with Crippen LogP contribution in [-0.2, 0) is 0 Å². The van der Waals surface area contributed by atoms with E-state index in [0.29, 0.717) is 0 Å². The largest absolute Gasteiger partial charge is 0.135 e. The SMILES string of the molecule is Cc1ccc(-c2cc3sc4ccccc4c3c3ccccc23)c(-c2ccccc2)c1. The van der Waals surface area contributed by atoms with Gasteiger partial charge in [0.05, 0.1) is 0 Å². The molecule has 0 atom stereocenters. The molecule has 0 bridgehead atoms. The lowest BCUT2D eigenvalue weighted by atomic mass is 9.89. The van der Waals surface area contributed by atoms with Crippen molar-refractivity contribution in [2.45, 2.75) is 6.92 Å². The Morgan fingerprint density at radius 3 is 2.03 bits per heavy atom. The Morgan fingerprint density at radius 2 is 1.20 bits per heavy atom. The summed E-state index contributed by atoms with van der Waals surface area (Å²) in [6.45, 7) is 2.17. The van der Waals surface area contributed by atoms with Crippen LogP contribution >= 0.6 is 11.3 Å². The van der Waals surface area contributed by atoms with Crippen LogP contribution in [0, 0.1) is 6.92 Å². The van der Waals surface area contributed by atoms with Crippen LogP contribution in [0.3, 0.4) is 0 Å². The minimum Gasteiger partial charge on any atom is -0.135 e. The molecule has 1 heterocycles. The number of benzene rings is 5. The van der Waals surface area contributed by atoms with E-state index in [-0.39, 0.29) is 0 Å². The normalized spacial score (nSPS) is 11.5. The highest BCUT2D eigenvalue weighted by molar-refractivity contribution is 7.26. The van der Waals surface area contributed by atoms with E-state index >= 15 is 0 Å². The van der Waals surface area contributed by atoms with Crippen LogP contribution in [0.2, 0.25) is 0 Å². The van der Waals surface area contributed by atoms with Crippen molar-refractivity contribution in [2.24, 2.45) is 0 Å². The molecular weight excluding hydrogens is 380 g/mol. The number of fused-ring (bicyclic) bond motifs is 5. The molecule has 6 aromatic rings. The fraction of sp³-hybridized carbons (Fsp3) is 0.0345. The quantitative estimate of drug-likeness (QED) is 0.272. The van der Waals surface area contributed by atoms with E-state index in [1.807, 2.05) is 11.3 Å². The number of hydrogen-bond acceptors (Lipinski definition) is 1. The summed E-state index contributed by atoms with van der Waals surface area (Å²) in [7, 11) is 0. The average Bonchev–Trinajstić information content (AvgIpc) is 3.18. The summed E-state index contributed by atoms with van der Waals surface area (Å²) in [5, 5.41) is 5.38. The molecule has 0 N–H and O–H groups in total. The van der Waals surface area contributed by atoms with Crippen molar-refractivity contribution < 1.29 is 0 Å². The molecule has 0 unspecified atom stereocenters. The number of hydrogen-bond donors (Lipinski definition) is 0. The van der Waals surface area contributed by atoms with Gasteiger partial charge in [-0.05, 0) is 52.1 Å². The van der Waals surface area contributed by atoms with Crippen molar-refractivity contribution >= 4 is 42.3 Å². The van der Waals surface area contributed by atoms with Crippen LogP contribution in [0.4, 0.5) is 0 Å². The standard InChI is InChI=1S/C29H20S/c1-19-15-16-22(25(17-19)20-9-3-2-4-10-20)26-18-28-29(23-12-6-5-11-21(23)26)24-13-7-8-14-27(24)30-28/h2-18H,1H3. The summed E-state index contributed by atoms with van der Waals surface area (Å²) in [5.74, 6) is 0. The van der Waals surface area contributed by atoms with Gasteiger partial charge in [0.25, 0.3) is 0 Å². The van der Waals surface area contributed by atoms with E-state index in [0.717, 1.165) is 0 Å². The molecule has 30 heavy (non-hydrogen) atoms. The number of thiophene rings is 1. The van der Waals surface area contributed by atoms with Gasteiger partial charge in [0, 0.05) is 20.2 Å². The van der Waals surface area contributed by atoms with Gasteiger partial charge in [-0.1, -0.05) is 96.6 Å². The predicted octanol–water partition coefficient (Wildman–Crippen LogP) is 8.85. The van der Waals surface area contributed by atoms with Crippen molar-refractivity contribution in [2.75, 3.05) is 0 Å². The third-order valence-electron chi connectivity index (χ3n) is 5.93. The van der Waals surface area contributed by atoms with Gasteiger partial charge in [-0.25, -0.2) is 0 Å². The topological polar surface area (TPSA) is 0 Å². The average molecular weight is 401 g/mol. The predicted molar refractivity (Wildman–Crippen MR) is 132 cm³/mol. The van der Waals surface area contributed by atoms with Crippen LogP contribution in [0.1, 0.15) is 5.56 Å². The molecule has 0 saturated carbocycles. The Labute approximate surface area is 180 Å². The highest BCUT2D eigenvalue weighted by Gasteiger charge is 2.15. The Balaban J connectivity index is 1.75. The Hall–Kier alpha value is -3.42. The second kappa shape index (κ2) is 6.83. The van der Waals surface area contributed by atoms with E-state index in [2.05, 4.69) is 110 Å². The highest BCUT2D eigenvalue weighted by Crippen LogP contribution is 2.44. The molecule has 142 valence electrons. The zero-order valence-electron chi connectivity index (χ0n) is 16.7. The van der Waals surface area contributed by atoms with Crippen molar-refractivity contribution in [1.82, 2.24) is 0 Å². The van der Waals surface area contributed by atoms with E-state index in [1.165, 1.54) is 58.8 Å². The summed E-state index contributed by atoms with van der Waals surface area (Å²) >= 11 is 1.89. The van der Waals surface area contributed by atoms with Crippen LogP contribution in [0.15, 0.2) is 103 Å². The van der Waals surface area contributed by atoms with Gasteiger partial charge in [0.1, 0.15) is 0 Å². The molecule has 0 amide bonds. The Kier molecular flexibility index (Phi) is 3.97. The molecule has 1 aromatic heterocycles. The van der Waals surface area contributed by atoms with Gasteiger partial charge in [-0.3, -0.25) is 0 Å². The summed E-state index contributed by atoms with van der Waals surface area (Å²) in [4.78, 5) is 0. The van der Waals surface area contributed by atoms with Crippen LogP contribution in [-0.4, -0.2) is 0 Å². The number of aryl methyl sites for hydroxylation is 1. The van der Waals surface area contributed by atoms with Gasteiger partial charge in [0.2, 0.25) is 0 Å². The maximum atomic E-state index is 2.40. The van der Waals surface area contributed by atoms with Gasteiger partial charge in [-0.15, -0.1) is 11.3 Å². The molecule has 0 fully saturated rings. The molecule has 0 aliphatic rings. The highest BCUT2D eigenvalue weighted by atomic mass is 32.1. The van der Waals surface area contributed by atoms with Gasteiger partial charge in [0.15, 0.2) is 0 Å². The van der Waals surface area contributed by atoms with Crippen molar-refractivity contribution in [3.8, 4) is 22.3 Å². The summed E-state index contributed by atoms with van der Waals surface area (Å²) < 4.78 is 2.70. The van der Waals surface area contributed by atoms with Crippen molar-refractivity contribution in [3.05, 3.63) is 109 Å². The maximum absolute atomic E-state index is 2.40. The molecule has 0 aliphatic heterocycles. The zero-order valence-corrected chi connectivity index (χ0v) is 17.5. The Bertz CT molecular complexity index is 1540. The van der Waals surface area contributed by atoms with Crippen LogP contribution in [0.25, 0.3) is 53.2 Å². The molecule has 0 radical (unpaired) electrons. The minimum absolute atomic E-state index is 1.26.